The molecule has 2 atom stereocenters. The molecule has 1 aliphatic rings. The first kappa shape index (κ1) is 13.6. The summed E-state index contributed by atoms with van der Waals surface area (Å²) in [6.45, 7) is 6.83. The molecule has 0 aromatic rings. The van der Waals surface area contributed by atoms with Gasteiger partial charge in [0, 0.05) is 18.4 Å². The molecule has 0 saturated carbocycles. The number of esters is 1. The van der Waals surface area contributed by atoms with Crippen LogP contribution in [0.2, 0.25) is 0 Å². The maximum absolute atomic E-state index is 11.5. The summed E-state index contributed by atoms with van der Waals surface area (Å²) in [6.07, 6.45) is 1.70. The van der Waals surface area contributed by atoms with Crippen molar-refractivity contribution < 1.29 is 19.4 Å². The first-order valence-corrected chi connectivity index (χ1v) is 5.64. The molecule has 0 radical (unpaired) electrons. The summed E-state index contributed by atoms with van der Waals surface area (Å²) in [6, 6.07) is 0. The van der Waals surface area contributed by atoms with Crippen LogP contribution < -0.4 is 0 Å². The van der Waals surface area contributed by atoms with Crippen molar-refractivity contribution in [1.82, 2.24) is 0 Å². The highest BCUT2D eigenvalue weighted by Gasteiger charge is 2.33. The molecule has 4 nitrogen and oxygen atoms in total. The molecule has 1 fully saturated rings. The monoisotopic (exact) mass is 238 g/mol. The molecule has 0 bridgehead atoms. The fourth-order valence-electron chi connectivity index (χ4n) is 1.66. The SMILES string of the molecule is C=C(C)[C@H](O)[C@@H]1C/C(=C\CCC(C)=O)C(=O)O1. The fraction of sp³-hybridized carbons (Fsp3) is 0.538. The number of ketones is 1. The number of rotatable bonds is 5. The second-order valence-electron chi connectivity index (χ2n) is 4.41. The summed E-state index contributed by atoms with van der Waals surface area (Å²) < 4.78 is 5.05. The molecular formula is C13H18O4. The van der Waals surface area contributed by atoms with Gasteiger partial charge in [0.15, 0.2) is 0 Å². The molecule has 0 amide bonds. The number of hydrogen-bond donors (Lipinski definition) is 1. The third kappa shape index (κ3) is 3.82. The van der Waals surface area contributed by atoms with E-state index in [1.807, 2.05) is 0 Å². The molecule has 0 spiro atoms. The summed E-state index contributed by atoms with van der Waals surface area (Å²) >= 11 is 0. The molecule has 94 valence electrons. The lowest BCUT2D eigenvalue weighted by molar-refractivity contribution is -0.142. The average molecular weight is 238 g/mol. The van der Waals surface area contributed by atoms with Crippen LogP contribution in [0.15, 0.2) is 23.8 Å². The number of aliphatic hydroxyl groups excluding tert-OH is 1. The first-order chi connectivity index (χ1) is 7.91. The highest BCUT2D eigenvalue weighted by molar-refractivity contribution is 5.90. The van der Waals surface area contributed by atoms with E-state index in [4.69, 9.17) is 4.74 Å². The van der Waals surface area contributed by atoms with E-state index in [0.29, 0.717) is 30.4 Å². The minimum Gasteiger partial charge on any atom is -0.456 e. The number of carbonyl (C=O) groups excluding carboxylic acids is 2. The lowest BCUT2D eigenvalue weighted by Gasteiger charge is -2.15. The molecule has 0 aliphatic carbocycles. The zero-order chi connectivity index (χ0) is 13.0. The topological polar surface area (TPSA) is 63.6 Å². The molecule has 1 N–H and O–H groups in total. The Balaban J connectivity index is 2.58. The van der Waals surface area contributed by atoms with E-state index >= 15 is 0 Å². The average Bonchev–Trinajstić information content (AvgIpc) is 2.58. The van der Waals surface area contributed by atoms with Gasteiger partial charge in [0.2, 0.25) is 0 Å². The van der Waals surface area contributed by atoms with E-state index in [1.54, 1.807) is 13.0 Å². The van der Waals surface area contributed by atoms with Crippen molar-refractivity contribution in [3.8, 4) is 0 Å². The molecular weight excluding hydrogens is 220 g/mol. The number of allylic oxidation sites excluding steroid dienone is 1. The summed E-state index contributed by atoms with van der Waals surface area (Å²) in [5.41, 5.74) is 1.12. The number of carbonyl (C=O) groups is 2. The Kier molecular flexibility index (Phi) is 4.63. The van der Waals surface area contributed by atoms with E-state index in [-0.39, 0.29) is 5.78 Å². The van der Waals surface area contributed by atoms with Crippen molar-refractivity contribution in [3.63, 3.8) is 0 Å². The van der Waals surface area contributed by atoms with Gasteiger partial charge in [-0.3, -0.25) is 0 Å². The summed E-state index contributed by atoms with van der Waals surface area (Å²) in [4.78, 5) is 22.2. The first-order valence-electron chi connectivity index (χ1n) is 5.64. The van der Waals surface area contributed by atoms with Crippen LogP contribution in [0.4, 0.5) is 0 Å². The van der Waals surface area contributed by atoms with Crippen LogP contribution in [0, 0.1) is 0 Å². The third-order valence-corrected chi connectivity index (χ3v) is 2.69. The predicted molar refractivity (Wildman–Crippen MR) is 63.3 cm³/mol. The van der Waals surface area contributed by atoms with Crippen LogP contribution in [-0.2, 0) is 14.3 Å². The maximum atomic E-state index is 11.5. The van der Waals surface area contributed by atoms with Crippen LogP contribution in [0.5, 0.6) is 0 Å². The van der Waals surface area contributed by atoms with E-state index in [9.17, 15) is 14.7 Å². The second kappa shape index (κ2) is 5.77. The molecule has 1 rings (SSSR count). The largest absolute Gasteiger partial charge is 0.456 e. The fourth-order valence-corrected chi connectivity index (χ4v) is 1.66. The quantitative estimate of drug-likeness (QED) is 0.448. The Morgan fingerprint density at radius 3 is 2.82 bits per heavy atom. The van der Waals surface area contributed by atoms with Gasteiger partial charge < -0.3 is 14.6 Å². The molecule has 0 aromatic heterocycles. The maximum Gasteiger partial charge on any atom is 0.334 e. The highest BCUT2D eigenvalue weighted by atomic mass is 16.6. The Morgan fingerprint density at radius 1 is 1.65 bits per heavy atom. The summed E-state index contributed by atoms with van der Waals surface area (Å²) in [7, 11) is 0. The van der Waals surface area contributed by atoms with Crippen molar-refractivity contribution in [2.75, 3.05) is 0 Å². The van der Waals surface area contributed by atoms with Gasteiger partial charge in [-0.2, -0.15) is 0 Å². The molecule has 1 heterocycles. The van der Waals surface area contributed by atoms with Gasteiger partial charge in [0.25, 0.3) is 0 Å². The molecule has 1 aliphatic heterocycles. The Labute approximate surface area is 101 Å². The Hall–Kier alpha value is -1.42. The lowest BCUT2D eigenvalue weighted by atomic mass is 10.0. The highest BCUT2D eigenvalue weighted by Crippen LogP contribution is 2.25. The number of cyclic esters (lactones) is 1. The minimum atomic E-state index is -0.822. The van der Waals surface area contributed by atoms with E-state index in [0.717, 1.165) is 0 Å². The molecule has 0 unspecified atom stereocenters. The lowest BCUT2D eigenvalue weighted by Crippen LogP contribution is -2.26. The zero-order valence-corrected chi connectivity index (χ0v) is 10.2. The van der Waals surface area contributed by atoms with Gasteiger partial charge >= 0.3 is 5.97 Å². The van der Waals surface area contributed by atoms with Gasteiger partial charge in [0.1, 0.15) is 18.0 Å². The van der Waals surface area contributed by atoms with Crippen molar-refractivity contribution in [1.29, 1.82) is 0 Å². The number of hydrogen-bond acceptors (Lipinski definition) is 4. The smallest absolute Gasteiger partial charge is 0.334 e. The van der Waals surface area contributed by atoms with Gasteiger partial charge in [-0.1, -0.05) is 12.7 Å². The van der Waals surface area contributed by atoms with Gasteiger partial charge in [0.05, 0.1) is 0 Å². The third-order valence-electron chi connectivity index (χ3n) is 2.69. The number of aliphatic hydroxyl groups is 1. The summed E-state index contributed by atoms with van der Waals surface area (Å²) in [5.74, 6) is -0.314. The number of ether oxygens (including phenoxy) is 1. The predicted octanol–water partition coefficient (Wildman–Crippen LogP) is 1.53. The van der Waals surface area contributed by atoms with Crippen LogP contribution in [0.25, 0.3) is 0 Å². The van der Waals surface area contributed by atoms with E-state index < -0.39 is 18.2 Å². The Morgan fingerprint density at radius 2 is 2.29 bits per heavy atom. The van der Waals surface area contributed by atoms with Gasteiger partial charge in [-0.15, -0.1) is 0 Å². The van der Waals surface area contributed by atoms with Crippen molar-refractivity contribution >= 4 is 11.8 Å². The van der Waals surface area contributed by atoms with Gasteiger partial charge in [-0.05, 0) is 25.8 Å². The summed E-state index contributed by atoms with van der Waals surface area (Å²) in [5, 5.41) is 9.72. The molecule has 17 heavy (non-hydrogen) atoms. The molecule has 0 aromatic carbocycles. The molecule has 1 saturated heterocycles. The standard InChI is InChI=1S/C13H18O4/c1-8(2)12(15)11-7-10(13(16)17-11)6-4-5-9(3)14/h6,11-12,15H,1,4-5,7H2,2-3H3/b10-6+/t11-,12-/m0/s1. The van der Waals surface area contributed by atoms with Crippen molar-refractivity contribution in [2.24, 2.45) is 0 Å². The minimum absolute atomic E-state index is 0.0896. The normalized spacial score (nSPS) is 23.6. The van der Waals surface area contributed by atoms with E-state index in [1.165, 1.54) is 6.92 Å². The molecule has 4 heteroatoms. The second-order valence-corrected chi connectivity index (χ2v) is 4.41. The van der Waals surface area contributed by atoms with E-state index in [2.05, 4.69) is 6.58 Å². The zero-order valence-electron chi connectivity index (χ0n) is 10.2. The van der Waals surface area contributed by atoms with Crippen LogP contribution in [0.1, 0.15) is 33.1 Å². The van der Waals surface area contributed by atoms with Crippen molar-refractivity contribution in [2.45, 2.75) is 45.3 Å². The van der Waals surface area contributed by atoms with Crippen LogP contribution in [0.3, 0.4) is 0 Å². The van der Waals surface area contributed by atoms with Crippen LogP contribution in [-0.4, -0.2) is 29.1 Å². The van der Waals surface area contributed by atoms with Crippen LogP contribution >= 0.6 is 0 Å². The van der Waals surface area contributed by atoms with Gasteiger partial charge in [-0.25, -0.2) is 4.79 Å². The number of Topliss-reactive ketones (excluding diaryl/α,β-unsaturated/α-hetero) is 1. The van der Waals surface area contributed by atoms with Crippen molar-refractivity contribution in [3.05, 3.63) is 23.8 Å². The Bertz CT molecular complexity index is 368.